The van der Waals surface area contributed by atoms with Gasteiger partial charge in [0, 0.05) is 18.0 Å². The van der Waals surface area contributed by atoms with Crippen LogP contribution in [0.4, 0.5) is 0 Å². The molecule has 0 bridgehead atoms. The molecular formula is C18H22ClNO4S. The van der Waals surface area contributed by atoms with E-state index in [2.05, 4.69) is 4.98 Å². The van der Waals surface area contributed by atoms with Crippen LogP contribution in [-0.4, -0.2) is 37.0 Å². The molecule has 0 saturated carbocycles. The summed E-state index contributed by atoms with van der Waals surface area (Å²) >= 11 is 6.06. The van der Waals surface area contributed by atoms with Crippen LogP contribution in [0.15, 0.2) is 41.4 Å². The molecule has 2 rings (SSSR count). The van der Waals surface area contributed by atoms with Gasteiger partial charge in [-0.2, -0.15) is 0 Å². The molecule has 0 aliphatic carbocycles. The zero-order valence-electron chi connectivity index (χ0n) is 14.5. The molecule has 7 heteroatoms. The van der Waals surface area contributed by atoms with Crippen molar-refractivity contribution in [2.75, 3.05) is 12.9 Å². The molecule has 0 aliphatic heterocycles. The van der Waals surface area contributed by atoms with Crippen LogP contribution in [0.2, 0.25) is 5.02 Å². The number of benzene rings is 1. The summed E-state index contributed by atoms with van der Waals surface area (Å²) in [6.07, 6.45) is 3.71. The molecule has 0 fully saturated rings. The summed E-state index contributed by atoms with van der Waals surface area (Å²) in [4.78, 5) is 4.41. The van der Waals surface area contributed by atoms with Gasteiger partial charge in [-0.05, 0) is 36.6 Å². The van der Waals surface area contributed by atoms with Gasteiger partial charge < -0.3 is 9.84 Å². The Morgan fingerprint density at radius 1 is 1.24 bits per heavy atom. The fraction of sp³-hybridized carbons (Fsp3) is 0.389. The molecule has 0 saturated heterocycles. The first-order valence-electron chi connectivity index (χ1n) is 8.00. The van der Waals surface area contributed by atoms with Crippen molar-refractivity contribution in [2.24, 2.45) is 0 Å². The number of pyridine rings is 1. The maximum Gasteiger partial charge on any atom is 0.221 e. The molecule has 2 aromatic rings. The fourth-order valence-corrected chi connectivity index (χ4v) is 3.12. The Labute approximate surface area is 153 Å². The van der Waals surface area contributed by atoms with Crippen molar-refractivity contribution in [1.82, 2.24) is 4.98 Å². The van der Waals surface area contributed by atoms with Crippen LogP contribution in [0.25, 0.3) is 11.1 Å². The minimum atomic E-state index is -3.33. The average molecular weight is 384 g/mol. The fourth-order valence-electron chi connectivity index (χ4n) is 2.30. The zero-order chi connectivity index (χ0) is 18.7. The van der Waals surface area contributed by atoms with E-state index >= 15 is 0 Å². The molecule has 25 heavy (non-hydrogen) atoms. The van der Waals surface area contributed by atoms with E-state index in [1.807, 2.05) is 13.8 Å². The summed E-state index contributed by atoms with van der Waals surface area (Å²) in [6.45, 7) is 3.87. The van der Waals surface area contributed by atoms with E-state index in [0.29, 0.717) is 34.9 Å². The molecule has 0 amide bonds. The maximum atomic E-state index is 11.8. The van der Waals surface area contributed by atoms with Crippen LogP contribution in [0, 0.1) is 0 Å². The van der Waals surface area contributed by atoms with E-state index in [-0.39, 0.29) is 11.5 Å². The summed E-state index contributed by atoms with van der Waals surface area (Å²) < 4.78 is 29.3. The van der Waals surface area contributed by atoms with Crippen LogP contribution >= 0.6 is 11.6 Å². The van der Waals surface area contributed by atoms with Gasteiger partial charge in [-0.15, -0.1) is 0 Å². The lowest BCUT2D eigenvalue weighted by atomic mass is 9.99. The van der Waals surface area contributed by atoms with E-state index in [1.54, 1.807) is 24.3 Å². The third-order valence-corrected chi connectivity index (χ3v) is 5.50. The SMILES string of the molecule is CCC(O)(CC)COc1ncc(Cl)cc1-c1cccc(S(C)(=O)=O)c1. The second kappa shape index (κ2) is 7.72. The van der Waals surface area contributed by atoms with Gasteiger partial charge in [-0.1, -0.05) is 37.6 Å². The number of aromatic nitrogens is 1. The van der Waals surface area contributed by atoms with E-state index in [0.717, 1.165) is 6.26 Å². The van der Waals surface area contributed by atoms with E-state index in [4.69, 9.17) is 16.3 Å². The van der Waals surface area contributed by atoms with Crippen LogP contribution in [-0.2, 0) is 9.84 Å². The van der Waals surface area contributed by atoms with Gasteiger partial charge in [0.25, 0.3) is 0 Å². The van der Waals surface area contributed by atoms with Gasteiger partial charge in [-0.3, -0.25) is 0 Å². The summed E-state index contributed by atoms with van der Waals surface area (Å²) in [7, 11) is -3.33. The highest BCUT2D eigenvalue weighted by Crippen LogP contribution is 2.32. The topological polar surface area (TPSA) is 76.5 Å². The average Bonchev–Trinajstić information content (AvgIpc) is 2.59. The molecule has 1 aromatic carbocycles. The van der Waals surface area contributed by atoms with E-state index in [1.165, 1.54) is 12.3 Å². The molecule has 136 valence electrons. The molecule has 1 aromatic heterocycles. The molecule has 0 spiro atoms. The second-order valence-corrected chi connectivity index (χ2v) is 8.48. The molecule has 1 heterocycles. The molecule has 0 radical (unpaired) electrons. The molecule has 5 nitrogen and oxygen atoms in total. The Morgan fingerprint density at radius 3 is 2.52 bits per heavy atom. The number of aliphatic hydroxyl groups is 1. The molecule has 1 N–H and O–H groups in total. The van der Waals surface area contributed by atoms with Crippen LogP contribution < -0.4 is 4.74 Å². The zero-order valence-corrected chi connectivity index (χ0v) is 16.1. The second-order valence-electron chi connectivity index (χ2n) is 6.03. The predicted octanol–water partition coefficient (Wildman–Crippen LogP) is 3.74. The van der Waals surface area contributed by atoms with Gasteiger partial charge in [0.05, 0.1) is 15.5 Å². The number of hydrogen-bond donors (Lipinski definition) is 1. The summed E-state index contributed by atoms with van der Waals surface area (Å²) in [5.41, 5.74) is 0.268. The molecular weight excluding hydrogens is 362 g/mol. The Bertz CT molecular complexity index is 848. The summed E-state index contributed by atoms with van der Waals surface area (Å²) in [5, 5.41) is 10.8. The molecule has 0 atom stereocenters. The van der Waals surface area contributed by atoms with Gasteiger partial charge >= 0.3 is 0 Å². The lowest BCUT2D eigenvalue weighted by molar-refractivity contribution is -0.0124. The van der Waals surface area contributed by atoms with Crippen molar-refractivity contribution >= 4 is 21.4 Å². The normalized spacial score (nSPS) is 12.2. The van der Waals surface area contributed by atoms with Crippen molar-refractivity contribution in [1.29, 1.82) is 0 Å². The third-order valence-electron chi connectivity index (χ3n) is 4.18. The first-order chi connectivity index (χ1) is 11.7. The van der Waals surface area contributed by atoms with Gasteiger partial charge in [0.2, 0.25) is 5.88 Å². The van der Waals surface area contributed by atoms with Crippen LogP contribution in [0.3, 0.4) is 0 Å². The van der Waals surface area contributed by atoms with Crippen molar-refractivity contribution in [3.8, 4) is 17.0 Å². The van der Waals surface area contributed by atoms with Crippen molar-refractivity contribution in [3.05, 3.63) is 41.6 Å². The number of nitrogens with zero attached hydrogens (tertiary/aromatic N) is 1. The van der Waals surface area contributed by atoms with Crippen LogP contribution in [0.5, 0.6) is 5.88 Å². The van der Waals surface area contributed by atoms with Crippen molar-refractivity contribution < 1.29 is 18.3 Å². The smallest absolute Gasteiger partial charge is 0.221 e. The monoisotopic (exact) mass is 383 g/mol. The lowest BCUT2D eigenvalue weighted by Crippen LogP contribution is -2.34. The Balaban J connectivity index is 2.43. The van der Waals surface area contributed by atoms with Crippen molar-refractivity contribution in [2.45, 2.75) is 37.2 Å². The predicted molar refractivity (Wildman–Crippen MR) is 98.8 cm³/mol. The summed E-state index contributed by atoms with van der Waals surface area (Å²) in [6, 6.07) is 8.18. The highest BCUT2D eigenvalue weighted by atomic mass is 35.5. The van der Waals surface area contributed by atoms with E-state index in [9.17, 15) is 13.5 Å². The number of halogens is 1. The third kappa shape index (κ3) is 4.93. The highest BCUT2D eigenvalue weighted by Gasteiger charge is 2.24. The molecule has 0 unspecified atom stereocenters. The first-order valence-corrected chi connectivity index (χ1v) is 10.3. The first kappa shape index (κ1) is 19.7. The number of rotatable bonds is 7. The standard InChI is InChI=1S/C18H22ClNO4S/c1-4-18(21,5-2)12-24-17-16(10-14(19)11-20-17)13-7-6-8-15(9-13)25(3,22)23/h6-11,21H,4-5,12H2,1-3H3. The lowest BCUT2D eigenvalue weighted by Gasteiger charge is -2.25. The number of sulfone groups is 1. The Hall–Kier alpha value is -1.63. The van der Waals surface area contributed by atoms with Crippen LogP contribution in [0.1, 0.15) is 26.7 Å². The largest absolute Gasteiger partial charge is 0.474 e. The van der Waals surface area contributed by atoms with Gasteiger partial charge in [-0.25, -0.2) is 13.4 Å². The summed E-state index contributed by atoms with van der Waals surface area (Å²) in [5.74, 6) is 0.301. The quantitative estimate of drug-likeness (QED) is 0.788. The minimum Gasteiger partial charge on any atom is -0.474 e. The minimum absolute atomic E-state index is 0.0907. The van der Waals surface area contributed by atoms with E-state index < -0.39 is 15.4 Å². The van der Waals surface area contributed by atoms with Crippen molar-refractivity contribution in [3.63, 3.8) is 0 Å². The maximum absolute atomic E-state index is 11.8. The Morgan fingerprint density at radius 2 is 1.92 bits per heavy atom. The molecule has 0 aliphatic rings. The number of ether oxygens (including phenoxy) is 1. The Kier molecular flexibility index (Phi) is 6.08. The number of hydrogen-bond acceptors (Lipinski definition) is 5. The highest BCUT2D eigenvalue weighted by molar-refractivity contribution is 7.90. The van der Waals surface area contributed by atoms with Gasteiger partial charge in [0.15, 0.2) is 9.84 Å². The van der Waals surface area contributed by atoms with Gasteiger partial charge in [0.1, 0.15) is 6.61 Å².